The van der Waals surface area contributed by atoms with Gasteiger partial charge in [0.05, 0.1) is 0 Å². The van der Waals surface area contributed by atoms with E-state index in [-0.39, 0.29) is 17.8 Å². The van der Waals surface area contributed by atoms with Crippen LogP contribution in [0.1, 0.15) is 40.5 Å². The van der Waals surface area contributed by atoms with Crippen LogP contribution in [0.15, 0.2) is 0 Å². The maximum absolute atomic E-state index is 12.3. The van der Waals surface area contributed by atoms with Crippen molar-refractivity contribution in [1.29, 1.82) is 0 Å². The number of rotatable bonds is 4. The molecule has 1 amide bonds. The summed E-state index contributed by atoms with van der Waals surface area (Å²) in [5, 5.41) is 0. The summed E-state index contributed by atoms with van der Waals surface area (Å²) in [7, 11) is 0. The molecule has 102 valence electrons. The van der Waals surface area contributed by atoms with Gasteiger partial charge < -0.3 is 10.6 Å². The van der Waals surface area contributed by atoms with Crippen molar-refractivity contribution < 1.29 is 4.79 Å². The summed E-state index contributed by atoms with van der Waals surface area (Å²) in [6, 6.07) is 0. The lowest BCUT2D eigenvalue weighted by Gasteiger charge is -2.30. The number of nitrogens with zero attached hydrogens (tertiary/aromatic N) is 1. The number of hydrogen-bond acceptors (Lipinski definition) is 2. The van der Waals surface area contributed by atoms with E-state index in [1.165, 1.54) is 0 Å². The Labute approximate surface area is 112 Å². The normalized spacial score (nSPS) is 20.6. The lowest BCUT2D eigenvalue weighted by Crippen LogP contribution is -2.40. The van der Waals surface area contributed by atoms with Gasteiger partial charge >= 0.3 is 0 Å². The van der Waals surface area contributed by atoms with Crippen LogP contribution in [-0.4, -0.2) is 30.4 Å². The Morgan fingerprint density at radius 1 is 1.47 bits per heavy atom. The van der Waals surface area contributed by atoms with Crippen LogP contribution in [0.5, 0.6) is 0 Å². The monoisotopic (exact) mass is 262 g/mol. The van der Waals surface area contributed by atoms with Crippen LogP contribution in [-0.2, 0) is 4.79 Å². The summed E-state index contributed by atoms with van der Waals surface area (Å²) < 4.78 is 0. The topological polar surface area (TPSA) is 46.3 Å². The Balaban J connectivity index is 0.00000256. The van der Waals surface area contributed by atoms with Crippen molar-refractivity contribution in [2.75, 3.05) is 19.6 Å². The molecule has 1 aliphatic heterocycles. The molecule has 1 aliphatic rings. The van der Waals surface area contributed by atoms with E-state index in [1.807, 2.05) is 4.90 Å². The fourth-order valence-electron chi connectivity index (χ4n) is 2.75. The molecule has 0 spiro atoms. The highest BCUT2D eigenvalue weighted by atomic mass is 35.5. The van der Waals surface area contributed by atoms with Gasteiger partial charge in [-0.1, -0.05) is 27.7 Å². The van der Waals surface area contributed by atoms with Gasteiger partial charge in [-0.15, -0.1) is 12.4 Å². The predicted molar refractivity (Wildman–Crippen MR) is 74.2 cm³/mol. The summed E-state index contributed by atoms with van der Waals surface area (Å²) in [6.45, 7) is 10.9. The highest BCUT2D eigenvalue weighted by Crippen LogP contribution is 2.30. The Bertz CT molecular complexity index is 254. The van der Waals surface area contributed by atoms with E-state index in [0.29, 0.717) is 24.3 Å². The lowest BCUT2D eigenvalue weighted by molar-refractivity contribution is -0.140. The standard InChI is InChI=1S/C13H26N2O.ClH/c1-10(2)7-13(3,4)12(16)15-6-5-11(8-14)9-15;/h10-11H,5-9,14H2,1-4H3;1H. The summed E-state index contributed by atoms with van der Waals surface area (Å²) in [6.07, 6.45) is 2.02. The lowest BCUT2D eigenvalue weighted by atomic mass is 9.82. The second-order valence-electron chi connectivity index (χ2n) is 6.12. The average molecular weight is 263 g/mol. The van der Waals surface area contributed by atoms with Crippen molar-refractivity contribution >= 4 is 18.3 Å². The third-order valence-electron chi connectivity index (χ3n) is 3.40. The van der Waals surface area contributed by atoms with Crippen LogP contribution in [0.3, 0.4) is 0 Å². The molecule has 1 unspecified atom stereocenters. The molecule has 2 N–H and O–H groups in total. The van der Waals surface area contributed by atoms with Crippen molar-refractivity contribution in [3.63, 3.8) is 0 Å². The molecule has 0 bridgehead atoms. The summed E-state index contributed by atoms with van der Waals surface area (Å²) in [4.78, 5) is 14.3. The molecular weight excluding hydrogens is 236 g/mol. The van der Waals surface area contributed by atoms with Crippen molar-refractivity contribution in [2.24, 2.45) is 23.0 Å². The molecule has 4 heteroatoms. The second kappa shape index (κ2) is 6.60. The number of carbonyl (C=O) groups is 1. The molecule has 0 aromatic rings. The number of hydrogen-bond donors (Lipinski definition) is 1. The van der Waals surface area contributed by atoms with Crippen molar-refractivity contribution in [1.82, 2.24) is 4.90 Å². The van der Waals surface area contributed by atoms with Gasteiger partial charge in [0, 0.05) is 18.5 Å². The predicted octanol–water partition coefficient (Wildman–Crippen LogP) is 2.29. The van der Waals surface area contributed by atoms with Gasteiger partial charge in [0.1, 0.15) is 0 Å². The molecule has 0 aromatic carbocycles. The first-order valence-corrected chi connectivity index (χ1v) is 6.36. The Hall–Kier alpha value is -0.280. The third-order valence-corrected chi connectivity index (χ3v) is 3.40. The first-order valence-electron chi connectivity index (χ1n) is 6.36. The smallest absolute Gasteiger partial charge is 0.228 e. The quantitative estimate of drug-likeness (QED) is 0.845. The minimum atomic E-state index is -0.225. The van der Waals surface area contributed by atoms with Gasteiger partial charge in [-0.2, -0.15) is 0 Å². The number of nitrogens with two attached hydrogens (primary N) is 1. The van der Waals surface area contributed by atoms with Crippen LogP contribution in [0.2, 0.25) is 0 Å². The van der Waals surface area contributed by atoms with Gasteiger partial charge in [-0.3, -0.25) is 4.79 Å². The number of amides is 1. The summed E-state index contributed by atoms with van der Waals surface area (Å²) >= 11 is 0. The van der Waals surface area contributed by atoms with Gasteiger partial charge in [0.2, 0.25) is 5.91 Å². The largest absolute Gasteiger partial charge is 0.342 e. The van der Waals surface area contributed by atoms with E-state index < -0.39 is 0 Å². The van der Waals surface area contributed by atoms with E-state index in [4.69, 9.17) is 5.73 Å². The molecule has 17 heavy (non-hydrogen) atoms. The molecule has 3 nitrogen and oxygen atoms in total. The molecule has 1 atom stereocenters. The minimum absolute atomic E-state index is 0. The van der Waals surface area contributed by atoms with E-state index in [2.05, 4.69) is 27.7 Å². The highest BCUT2D eigenvalue weighted by molar-refractivity contribution is 5.85. The van der Waals surface area contributed by atoms with Crippen LogP contribution in [0.25, 0.3) is 0 Å². The summed E-state index contributed by atoms with van der Waals surface area (Å²) in [5.41, 5.74) is 5.42. The van der Waals surface area contributed by atoms with Gasteiger partial charge in [-0.05, 0) is 31.2 Å². The minimum Gasteiger partial charge on any atom is -0.342 e. The van der Waals surface area contributed by atoms with Crippen LogP contribution in [0.4, 0.5) is 0 Å². The maximum Gasteiger partial charge on any atom is 0.228 e. The van der Waals surface area contributed by atoms with Gasteiger partial charge in [-0.25, -0.2) is 0 Å². The SMILES string of the molecule is CC(C)CC(C)(C)C(=O)N1CCC(CN)C1.Cl. The molecule has 1 heterocycles. The first kappa shape index (κ1) is 16.7. The molecule has 1 fully saturated rings. The molecular formula is C13H27ClN2O. The fraction of sp³-hybridized carbons (Fsp3) is 0.923. The molecule has 0 radical (unpaired) electrons. The number of carbonyl (C=O) groups excluding carboxylic acids is 1. The molecule has 0 saturated carbocycles. The molecule has 1 rings (SSSR count). The number of likely N-dealkylation sites (tertiary alicyclic amines) is 1. The molecule has 1 saturated heterocycles. The molecule has 0 aromatic heterocycles. The zero-order valence-corrected chi connectivity index (χ0v) is 12.3. The van der Waals surface area contributed by atoms with E-state index in [0.717, 1.165) is 25.9 Å². The van der Waals surface area contributed by atoms with Crippen molar-refractivity contribution in [3.05, 3.63) is 0 Å². The van der Waals surface area contributed by atoms with Crippen LogP contribution >= 0.6 is 12.4 Å². The Morgan fingerprint density at radius 3 is 2.47 bits per heavy atom. The Kier molecular flexibility index (Phi) is 6.49. The van der Waals surface area contributed by atoms with E-state index in [1.54, 1.807) is 0 Å². The van der Waals surface area contributed by atoms with E-state index >= 15 is 0 Å². The van der Waals surface area contributed by atoms with Gasteiger partial charge in [0.25, 0.3) is 0 Å². The van der Waals surface area contributed by atoms with Crippen LogP contribution in [0, 0.1) is 17.3 Å². The zero-order valence-electron chi connectivity index (χ0n) is 11.5. The number of halogens is 1. The second-order valence-corrected chi connectivity index (χ2v) is 6.12. The fourth-order valence-corrected chi connectivity index (χ4v) is 2.75. The maximum atomic E-state index is 12.3. The third kappa shape index (κ3) is 4.47. The van der Waals surface area contributed by atoms with Crippen molar-refractivity contribution in [3.8, 4) is 0 Å². The van der Waals surface area contributed by atoms with Gasteiger partial charge in [0.15, 0.2) is 0 Å². The highest BCUT2D eigenvalue weighted by Gasteiger charge is 2.35. The van der Waals surface area contributed by atoms with E-state index in [9.17, 15) is 4.79 Å². The zero-order chi connectivity index (χ0) is 12.3. The average Bonchev–Trinajstić information content (AvgIpc) is 2.62. The first-order chi connectivity index (χ1) is 7.36. The Morgan fingerprint density at radius 2 is 2.06 bits per heavy atom. The molecule has 0 aliphatic carbocycles. The summed E-state index contributed by atoms with van der Waals surface area (Å²) in [5.74, 6) is 1.38. The van der Waals surface area contributed by atoms with Crippen molar-refractivity contribution in [2.45, 2.75) is 40.5 Å². The van der Waals surface area contributed by atoms with Crippen LogP contribution < -0.4 is 5.73 Å².